The number of rotatable bonds is 4. The van der Waals surface area contributed by atoms with Gasteiger partial charge in [-0.3, -0.25) is 14.9 Å². The van der Waals surface area contributed by atoms with Crippen molar-refractivity contribution in [2.24, 2.45) is 0 Å². The minimum Gasteiger partial charge on any atom is -0.477 e. The van der Waals surface area contributed by atoms with Crippen molar-refractivity contribution in [3.63, 3.8) is 0 Å². The predicted molar refractivity (Wildman–Crippen MR) is 132 cm³/mol. The van der Waals surface area contributed by atoms with Crippen LogP contribution in [-0.4, -0.2) is 57.1 Å². The van der Waals surface area contributed by atoms with Crippen molar-refractivity contribution < 1.29 is 14.5 Å². The van der Waals surface area contributed by atoms with Crippen LogP contribution in [0.5, 0.6) is 5.75 Å². The Bertz CT molecular complexity index is 1290. The first-order chi connectivity index (χ1) is 16.7. The molecule has 1 amide bonds. The fraction of sp³-hybridized carbons (Fsp3) is 0.385. The summed E-state index contributed by atoms with van der Waals surface area (Å²) in [7, 11) is 0. The maximum Gasteiger partial charge on any atom is 0.275 e. The SMILES string of the molecule is Cc1c(C)c([N+](=O)[O-])c(C)c2c1OC(C)(C(=O)N1CCN(c3ccc(-n4ccnc4)cc3)CC1)C2. The second-order valence-electron chi connectivity index (χ2n) is 9.56. The maximum absolute atomic E-state index is 13.6. The molecule has 5 rings (SSSR count). The molecule has 2 aliphatic rings. The highest BCUT2D eigenvalue weighted by molar-refractivity contribution is 5.87. The molecule has 1 aromatic heterocycles. The number of hydrogen-bond acceptors (Lipinski definition) is 6. The molecule has 2 aromatic carbocycles. The summed E-state index contributed by atoms with van der Waals surface area (Å²) in [5, 5.41) is 11.6. The van der Waals surface area contributed by atoms with Crippen LogP contribution in [0.25, 0.3) is 5.69 Å². The molecule has 9 heteroatoms. The van der Waals surface area contributed by atoms with E-state index in [9.17, 15) is 14.9 Å². The van der Waals surface area contributed by atoms with Crippen molar-refractivity contribution in [1.29, 1.82) is 0 Å². The summed E-state index contributed by atoms with van der Waals surface area (Å²) in [5.74, 6) is 0.556. The van der Waals surface area contributed by atoms with Gasteiger partial charge in [-0.2, -0.15) is 0 Å². The minimum atomic E-state index is -1.06. The second kappa shape index (κ2) is 8.41. The molecular weight excluding hydrogens is 446 g/mol. The fourth-order valence-corrected chi connectivity index (χ4v) is 5.26. The number of carbonyl (C=O) groups excluding carboxylic acids is 1. The van der Waals surface area contributed by atoms with E-state index in [1.54, 1.807) is 33.3 Å². The van der Waals surface area contributed by atoms with Crippen molar-refractivity contribution in [2.45, 2.75) is 39.7 Å². The average molecular weight is 476 g/mol. The number of nitrogens with zero attached hydrogens (tertiary/aromatic N) is 5. The van der Waals surface area contributed by atoms with Gasteiger partial charge in [-0.05, 0) is 52.0 Å². The number of ether oxygens (including phenoxy) is 1. The molecule has 1 fully saturated rings. The third-order valence-electron chi connectivity index (χ3n) is 7.40. The van der Waals surface area contributed by atoms with E-state index in [0.717, 1.165) is 35.6 Å². The Morgan fingerprint density at radius 3 is 2.29 bits per heavy atom. The van der Waals surface area contributed by atoms with Gasteiger partial charge >= 0.3 is 0 Å². The first-order valence-corrected chi connectivity index (χ1v) is 11.8. The molecule has 1 saturated heterocycles. The van der Waals surface area contributed by atoms with Gasteiger partial charge in [0.15, 0.2) is 5.60 Å². The number of piperazine rings is 1. The summed E-state index contributed by atoms with van der Waals surface area (Å²) in [6.45, 7) is 9.75. The Morgan fingerprint density at radius 2 is 1.69 bits per heavy atom. The number of carbonyl (C=O) groups is 1. The lowest BCUT2D eigenvalue weighted by atomic mass is 9.91. The molecule has 3 heterocycles. The Labute approximate surface area is 204 Å². The Hall–Kier alpha value is -3.88. The summed E-state index contributed by atoms with van der Waals surface area (Å²) in [6.07, 6.45) is 5.77. The molecule has 1 unspecified atom stereocenters. The molecule has 3 aromatic rings. The molecule has 0 radical (unpaired) electrons. The van der Waals surface area contributed by atoms with Crippen molar-refractivity contribution in [2.75, 3.05) is 31.1 Å². The number of imidazole rings is 1. The van der Waals surface area contributed by atoms with Crippen molar-refractivity contribution >= 4 is 17.3 Å². The monoisotopic (exact) mass is 475 g/mol. The van der Waals surface area contributed by atoms with Crippen LogP contribution in [0.1, 0.15) is 29.2 Å². The van der Waals surface area contributed by atoms with E-state index in [4.69, 9.17) is 4.74 Å². The van der Waals surface area contributed by atoms with Gasteiger partial charge in [0.1, 0.15) is 5.75 Å². The lowest BCUT2D eigenvalue weighted by Gasteiger charge is -2.39. The van der Waals surface area contributed by atoms with Gasteiger partial charge in [0.2, 0.25) is 0 Å². The summed E-state index contributed by atoms with van der Waals surface area (Å²) in [4.78, 5) is 33.1. The van der Waals surface area contributed by atoms with Gasteiger partial charge in [-0.1, -0.05) is 0 Å². The van der Waals surface area contributed by atoms with E-state index in [1.807, 2.05) is 22.6 Å². The summed E-state index contributed by atoms with van der Waals surface area (Å²) in [6, 6.07) is 8.30. The predicted octanol–water partition coefficient (Wildman–Crippen LogP) is 3.75. The summed E-state index contributed by atoms with van der Waals surface area (Å²) >= 11 is 0. The summed E-state index contributed by atoms with van der Waals surface area (Å²) < 4.78 is 8.22. The molecule has 0 spiro atoms. The number of aromatic nitrogens is 2. The number of nitro groups is 1. The van der Waals surface area contributed by atoms with Crippen LogP contribution < -0.4 is 9.64 Å². The quantitative estimate of drug-likeness (QED) is 0.421. The number of amides is 1. The van der Waals surface area contributed by atoms with Gasteiger partial charge < -0.3 is 19.1 Å². The fourth-order valence-electron chi connectivity index (χ4n) is 5.26. The van der Waals surface area contributed by atoms with Crippen LogP contribution in [0.15, 0.2) is 43.0 Å². The molecule has 182 valence electrons. The zero-order valence-electron chi connectivity index (χ0n) is 20.4. The molecule has 0 N–H and O–H groups in total. The van der Waals surface area contributed by atoms with E-state index in [-0.39, 0.29) is 16.5 Å². The number of hydrogen-bond donors (Lipinski definition) is 0. The highest BCUT2D eigenvalue weighted by atomic mass is 16.6. The normalized spacial score (nSPS) is 19.4. The van der Waals surface area contributed by atoms with Gasteiger partial charge in [0.25, 0.3) is 11.6 Å². The topological polar surface area (TPSA) is 93.7 Å². The average Bonchev–Trinajstić information content (AvgIpc) is 3.52. The second-order valence-corrected chi connectivity index (χ2v) is 9.56. The van der Waals surface area contributed by atoms with Gasteiger partial charge in [0.05, 0.1) is 11.3 Å². The first kappa shape index (κ1) is 22.9. The molecule has 0 aliphatic carbocycles. The third-order valence-corrected chi connectivity index (χ3v) is 7.40. The first-order valence-electron chi connectivity index (χ1n) is 11.8. The zero-order chi connectivity index (χ0) is 24.9. The molecule has 0 bridgehead atoms. The van der Waals surface area contributed by atoms with Crippen LogP contribution in [0.2, 0.25) is 0 Å². The molecule has 35 heavy (non-hydrogen) atoms. The lowest BCUT2D eigenvalue weighted by Crippen LogP contribution is -2.56. The smallest absolute Gasteiger partial charge is 0.275 e. The molecule has 1 atom stereocenters. The largest absolute Gasteiger partial charge is 0.477 e. The lowest BCUT2D eigenvalue weighted by molar-refractivity contribution is -0.386. The molecule has 9 nitrogen and oxygen atoms in total. The minimum absolute atomic E-state index is 0.0667. The highest BCUT2D eigenvalue weighted by Crippen LogP contribution is 2.45. The maximum atomic E-state index is 13.6. The standard InChI is InChI=1S/C26H29N5O4/c1-17-18(2)24-22(19(3)23(17)31(33)34)15-26(4,35-24)25(32)29-13-11-28(12-14-29)20-5-7-21(8-6-20)30-10-9-27-16-30/h5-10,16H,11-15H2,1-4H3. The zero-order valence-corrected chi connectivity index (χ0v) is 20.4. The highest BCUT2D eigenvalue weighted by Gasteiger charge is 2.47. The number of nitro benzene ring substituents is 1. The van der Waals surface area contributed by atoms with E-state index < -0.39 is 5.60 Å². The van der Waals surface area contributed by atoms with Crippen molar-refractivity contribution in [3.8, 4) is 11.4 Å². The van der Waals surface area contributed by atoms with Crippen LogP contribution in [0, 0.1) is 30.9 Å². The number of anilines is 1. The Kier molecular flexibility index (Phi) is 5.50. The van der Waals surface area contributed by atoms with Gasteiger partial charge in [0, 0.05) is 78.6 Å². The third kappa shape index (κ3) is 3.80. The van der Waals surface area contributed by atoms with E-state index in [2.05, 4.69) is 34.1 Å². The Morgan fingerprint density at radius 1 is 1.03 bits per heavy atom. The van der Waals surface area contributed by atoms with Crippen LogP contribution in [0.4, 0.5) is 11.4 Å². The van der Waals surface area contributed by atoms with Crippen molar-refractivity contribution in [1.82, 2.24) is 14.5 Å². The van der Waals surface area contributed by atoms with E-state index in [1.165, 1.54) is 0 Å². The summed E-state index contributed by atoms with van der Waals surface area (Å²) in [5.41, 5.74) is 3.91. The van der Waals surface area contributed by atoms with Gasteiger partial charge in [-0.15, -0.1) is 0 Å². The molecule has 0 saturated carbocycles. The van der Waals surface area contributed by atoms with E-state index >= 15 is 0 Å². The number of fused-ring (bicyclic) bond motifs is 1. The van der Waals surface area contributed by atoms with Crippen LogP contribution in [0.3, 0.4) is 0 Å². The Balaban J connectivity index is 1.28. The molecular formula is C26H29N5O4. The number of benzene rings is 2. The van der Waals surface area contributed by atoms with Gasteiger partial charge in [-0.25, -0.2) is 4.98 Å². The molecule has 2 aliphatic heterocycles. The van der Waals surface area contributed by atoms with E-state index in [0.29, 0.717) is 36.4 Å². The van der Waals surface area contributed by atoms with Crippen LogP contribution in [-0.2, 0) is 11.2 Å². The van der Waals surface area contributed by atoms with Crippen LogP contribution >= 0.6 is 0 Å². The van der Waals surface area contributed by atoms with Crippen molar-refractivity contribution in [3.05, 3.63) is 75.4 Å².